The number of allylic oxidation sites excluding steroid dienone is 2. The summed E-state index contributed by atoms with van der Waals surface area (Å²) in [6, 6.07) is 0. The zero-order valence-corrected chi connectivity index (χ0v) is 44.3. The summed E-state index contributed by atoms with van der Waals surface area (Å²) in [5.74, 6) is -2.26. The summed E-state index contributed by atoms with van der Waals surface area (Å²) >= 11 is 0. The number of carboxylic acids is 1. The van der Waals surface area contributed by atoms with Crippen molar-refractivity contribution in [2.75, 3.05) is 47.5 Å². The van der Waals surface area contributed by atoms with Crippen molar-refractivity contribution in [2.24, 2.45) is 0 Å². The third kappa shape index (κ3) is 49.9. The van der Waals surface area contributed by atoms with Crippen LogP contribution >= 0.6 is 0 Å². The lowest BCUT2D eigenvalue weighted by molar-refractivity contribution is -0.870. The molecule has 0 aliphatic rings. The maximum absolute atomic E-state index is 12.8. The largest absolute Gasteiger partial charge is 0.545 e. The summed E-state index contributed by atoms with van der Waals surface area (Å²) in [4.78, 5) is 37.2. The van der Waals surface area contributed by atoms with Gasteiger partial charge in [-0.2, -0.15) is 0 Å². The van der Waals surface area contributed by atoms with Crippen LogP contribution in [0.25, 0.3) is 0 Å². The number of carbonyl (C=O) groups excluding carboxylic acids is 3. The molecule has 0 aromatic rings. The second-order valence-electron chi connectivity index (χ2n) is 20.6. The van der Waals surface area contributed by atoms with Gasteiger partial charge in [-0.25, -0.2) is 0 Å². The van der Waals surface area contributed by atoms with Gasteiger partial charge < -0.3 is 33.3 Å². The van der Waals surface area contributed by atoms with Gasteiger partial charge in [0, 0.05) is 12.8 Å². The van der Waals surface area contributed by atoms with E-state index in [1.54, 1.807) is 0 Å². The van der Waals surface area contributed by atoms with Crippen LogP contribution in [-0.2, 0) is 33.3 Å². The van der Waals surface area contributed by atoms with Crippen molar-refractivity contribution in [1.29, 1.82) is 0 Å². The smallest absolute Gasteiger partial charge is 0.306 e. The van der Waals surface area contributed by atoms with Gasteiger partial charge >= 0.3 is 11.9 Å². The van der Waals surface area contributed by atoms with Crippen LogP contribution in [0.2, 0.25) is 0 Å². The molecule has 0 amide bonds. The first-order valence-corrected chi connectivity index (χ1v) is 28.3. The highest BCUT2D eigenvalue weighted by atomic mass is 16.7. The highest BCUT2D eigenvalue weighted by Crippen LogP contribution is 2.17. The number of likely N-dealkylation sites (N-methyl/N-ethyl adjacent to an activating group) is 1. The second-order valence-corrected chi connectivity index (χ2v) is 20.6. The number of unbranched alkanes of at least 4 members (excludes halogenated alkanes) is 36. The fourth-order valence-corrected chi connectivity index (χ4v) is 8.36. The summed E-state index contributed by atoms with van der Waals surface area (Å²) in [5, 5.41) is 11.8. The fraction of sp³-hybridized carbons (Fsp3) is 0.912. The molecule has 0 aromatic carbocycles. The Morgan fingerprint density at radius 1 is 0.439 bits per heavy atom. The highest BCUT2D eigenvalue weighted by Gasteiger charge is 2.22. The van der Waals surface area contributed by atoms with Gasteiger partial charge in [-0.3, -0.25) is 9.59 Å². The predicted octanol–water partition coefficient (Wildman–Crippen LogP) is 14.8. The molecule has 0 saturated heterocycles. The van der Waals surface area contributed by atoms with Gasteiger partial charge in [0.1, 0.15) is 13.2 Å². The van der Waals surface area contributed by atoms with Crippen LogP contribution in [0.5, 0.6) is 0 Å². The van der Waals surface area contributed by atoms with E-state index in [2.05, 4.69) is 26.0 Å². The molecular formula is C57H109NO8. The number of rotatable bonds is 53. The molecule has 0 N–H and O–H groups in total. The van der Waals surface area contributed by atoms with Gasteiger partial charge in [0.2, 0.25) is 0 Å². The lowest BCUT2D eigenvalue weighted by Gasteiger charge is -2.26. The average Bonchev–Trinajstić information content (AvgIpc) is 3.28. The number of aliphatic carboxylic acids is 1. The van der Waals surface area contributed by atoms with E-state index in [4.69, 9.17) is 18.9 Å². The second kappa shape index (κ2) is 49.5. The average molecular weight is 936 g/mol. The normalized spacial score (nSPS) is 12.8. The number of nitrogens with zero attached hydrogens (tertiary/aromatic N) is 1. The topological polar surface area (TPSA) is 111 Å². The van der Waals surface area contributed by atoms with Gasteiger partial charge in [-0.1, -0.05) is 238 Å². The van der Waals surface area contributed by atoms with Crippen molar-refractivity contribution in [3.63, 3.8) is 0 Å². The molecule has 0 aliphatic heterocycles. The maximum Gasteiger partial charge on any atom is 0.306 e. The van der Waals surface area contributed by atoms with E-state index >= 15 is 0 Å². The van der Waals surface area contributed by atoms with Gasteiger partial charge in [0.15, 0.2) is 12.4 Å². The summed E-state index contributed by atoms with van der Waals surface area (Å²) in [6.07, 6.45) is 52.5. The Morgan fingerprint density at radius 2 is 0.773 bits per heavy atom. The van der Waals surface area contributed by atoms with Crippen LogP contribution in [0.1, 0.15) is 277 Å². The van der Waals surface area contributed by atoms with E-state index < -0.39 is 24.3 Å². The highest BCUT2D eigenvalue weighted by molar-refractivity contribution is 5.70. The van der Waals surface area contributed by atoms with Crippen LogP contribution < -0.4 is 5.11 Å². The van der Waals surface area contributed by atoms with Crippen LogP contribution in [-0.4, -0.2) is 82.3 Å². The monoisotopic (exact) mass is 936 g/mol. The zero-order chi connectivity index (χ0) is 48.4. The summed E-state index contributed by atoms with van der Waals surface area (Å²) in [5.41, 5.74) is 0. The molecule has 0 radical (unpaired) electrons. The van der Waals surface area contributed by atoms with E-state index in [0.717, 1.165) is 38.5 Å². The first-order valence-electron chi connectivity index (χ1n) is 28.3. The lowest BCUT2D eigenvalue weighted by Crippen LogP contribution is -2.44. The van der Waals surface area contributed by atoms with E-state index in [9.17, 15) is 19.5 Å². The third-order valence-electron chi connectivity index (χ3n) is 12.8. The van der Waals surface area contributed by atoms with Gasteiger partial charge in [0.25, 0.3) is 0 Å². The first kappa shape index (κ1) is 64.0. The fourth-order valence-electron chi connectivity index (χ4n) is 8.36. The molecule has 66 heavy (non-hydrogen) atoms. The van der Waals surface area contributed by atoms with Crippen LogP contribution in [0.3, 0.4) is 0 Å². The number of quaternary nitrogens is 1. The van der Waals surface area contributed by atoms with Crippen molar-refractivity contribution in [1.82, 2.24) is 0 Å². The maximum atomic E-state index is 12.8. The molecule has 0 bridgehead atoms. The number of hydrogen-bond acceptors (Lipinski definition) is 8. The quantitative estimate of drug-likeness (QED) is 0.0195. The van der Waals surface area contributed by atoms with Gasteiger partial charge in [0.05, 0.1) is 40.3 Å². The summed E-state index contributed by atoms with van der Waals surface area (Å²) < 4.78 is 22.7. The Kier molecular flexibility index (Phi) is 48.0. The number of carboxylic acid groups (broad SMARTS) is 1. The van der Waals surface area contributed by atoms with Crippen LogP contribution in [0.4, 0.5) is 0 Å². The number of carbonyl (C=O) groups is 3. The Hall–Kier alpha value is -1.97. The molecule has 9 heteroatoms. The molecule has 0 spiro atoms. The molecule has 2 atom stereocenters. The standard InChI is InChI=1S/C57H109NO8/c1-6-8-10-12-14-16-18-20-22-24-26-27-28-29-30-32-34-36-38-40-42-44-46-48-55(60)66-53(52-65-57(56(61)62)63-50-49-58(3,4)5)51-64-54(59)47-45-43-41-39-37-35-33-31-25-23-21-19-17-15-13-11-9-7-2/h24,26,53,57H,6-23,25,27-52H2,1-5H3/b26-24-. The molecule has 9 nitrogen and oxygen atoms in total. The van der Waals surface area contributed by atoms with Crippen molar-refractivity contribution in [2.45, 2.75) is 289 Å². The van der Waals surface area contributed by atoms with E-state index in [1.807, 2.05) is 21.1 Å². The molecule has 0 heterocycles. The summed E-state index contributed by atoms with van der Waals surface area (Å²) in [7, 11) is 5.93. The SMILES string of the molecule is CCCCCCCCCC/C=C\CCCCCCCCCCCCCC(=O)OC(COC(=O)CCCCCCCCCCCCCCCCCCCC)COC(OCC[N+](C)(C)C)C(=O)[O-]. The molecule has 390 valence electrons. The minimum absolute atomic E-state index is 0.151. The zero-order valence-electron chi connectivity index (χ0n) is 44.3. The molecule has 0 aliphatic carbocycles. The van der Waals surface area contributed by atoms with E-state index in [0.29, 0.717) is 17.4 Å². The molecule has 2 unspecified atom stereocenters. The Labute approximate surface area is 408 Å². The number of ether oxygens (including phenoxy) is 4. The van der Waals surface area contributed by atoms with Crippen molar-refractivity contribution in [3.8, 4) is 0 Å². The predicted molar refractivity (Wildman–Crippen MR) is 274 cm³/mol. The molecule has 0 aromatic heterocycles. The number of esters is 2. The Balaban J connectivity index is 4.23. The van der Waals surface area contributed by atoms with Gasteiger partial charge in [-0.15, -0.1) is 0 Å². The molecule has 0 fully saturated rings. The minimum atomic E-state index is -1.62. The van der Waals surface area contributed by atoms with Crippen LogP contribution in [0.15, 0.2) is 12.2 Å². The number of hydrogen-bond donors (Lipinski definition) is 0. The summed E-state index contributed by atoms with van der Waals surface area (Å²) in [6.45, 7) is 4.80. The van der Waals surface area contributed by atoms with Gasteiger partial charge in [-0.05, 0) is 38.5 Å². The molecule has 0 saturated carbocycles. The van der Waals surface area contributed by atoms with Crippen molar-refractivity contribution >= 4 is 17.9 Å². The van der Waals surface area contributed by atoms with Crippen LogP contribution in [0, 0.1) is 0 Å². The van der Waals surface area contributed by atoms with E-state index in [-0.39, 0.29) is 32.2 Å². The Bertz CT molecular complexity index is 1090. The molecule has 0 rings (SSSR count). The first-order chi connectivity index (χ1) is 32.1. The van der Waals surface area contributed by atoms with E-state index in [1.165, 1.54) is 212 Å². The molecular weight excluding hydrogens is 827 g/mol. The van der Waals surface area contributed by atoms with Crippen molar-refractivity contribution in [3.05, 3.63) is 12.2 Å². The minimum Gasteiger partial charge on any atom is -0.545 e. The lowest BCUT2D eigenvalue weighted by atomic mass is 10.0. The Morgan fingerprint density at radius 3 is 1.12 bits per heavy atom. The third-order valence-corrected chi connectivity index (χ3v) is 12.8. The van der Waals surface area contributed by atoms with Crippen molar-refractivity contribution < 1.29 is 42.9 Å².